The number of rotatable bonds is 8. The van der Waals surface area contributed by atoms with E-state index in [2.05, 4.69) is 16.2 Å². The molecule has 3 aromatic rings. The third-order valence-electron chi connectivity index (χ3n) is 5.03. The Morgan fingerprint density at radius 2 is 1.92 bits per heavy atom. The number of carbonyl (C=O) groups is 1. The summed E-state index contributed by atoms with van der Waals surface area (Å²) in [4.78, 5) is 16.2. The van der Waals surface area contributed by atoms with Crippen molar-refractivity contribution in [2.45, 2.75) is 12.7 Å². The molecule has 0 bridgehead atoms. The van der Waals surface area contributed by atoms with Crippen molar-refractivity contribution in [2.75, 3.05) is 18.1 Å². The highest BCUT2D eigenvalue weighted by molar-refractivity contribution is 7.92. The van der Waals surface area contributed by atoms with E-state index < -0.39 is 33.6 Å². The molecule has 0 aliphatic heterocycles. The maximum atomic E-state index is 14.5. The van der Waals surface area contributed by atoms with Crippen molar-refractivity contribution in [3.8, 4) is 29.4 Å². The number of alkyl halides is 3. The molecule has 2 N–H and O–H groups in total. The molecule has 0 radical (unpaired) electrons. The van der Waals surface area contributed by atoms with Crippen LogP contribution in [-0.2, 0) is 27.5 Å². The molecule has 198 valence electrons. The van der Waals surface area contributed by atoms with Crippen molar-refractivity contribution in [2.24, 2.45) is 0 Å². The lowest BCUT2D eigenvalue weighted by Gasteiger charge is -2.12. The van der Waals surface area contributed by atoms with E-state index in [1.165, 1.54) is 31.4 Å². The lowest BCUT2D eigenvalue weighted by molar-refractivity contribution is -0.141. The van der Waals surface area contributed by atoms with Crippen LogP contribution in [0, 0.1) is 18.2 Å². The van der Waals surface area contributed by atoms with Gasteiger partial charge < -0.3 is 10.1 Å². The highest BCUT2D eigenvalue weighted by Gasteiger charge is 2.33. The molecule has 38 heavy (non-hydrogen) atoms. The minimum Gasteiger partial charge on any atom is -0.497 e. The monoisotopic (exact) mass is 547 g/mol. The number of hydrogen-bond acceptors (Lipinski definition) is 5. The topological polar surface area (TPSA) is 97.4 Å². The Balaban J connectivity index is 1.83. The van der Waals surface area contributed by atoms with Crippen LogP contribution < -0.4 is 14.8 Å². The van der Waals surface area contributed by atoms with Crippen molar-refractivity contribution in [1.29, 1.82) is 0 Å². The number of ether oxygens (including phenoxy) is 1. The zero-order chi connectivity index (χ0) is 28.1. The van der Waals surface area contributed by atoms with E-state index in [1.807, 2.05) is 4.72 Å². The Morgan fingerprint density at radius 3 is 2.55 bits per heavy atom. The number of hydrogen-bond donors (Lipinski definition) is 2. The first-order chi connectivity index (χ1) is 17.8. The number of aromatic nitrogens is 1. The Morgan fingerprint density at radius 1 is 1.18 bits per heavy atom. The summed E-state index contributed by atoms with van der Waals surface area (Å²) < 4.78 is 84.3. The van der Waals surface area contributed by atoms with E-state index >= 15 is 0 Å². The maximum Gasteiger partial charge on any atom is 0.433 e. The summed E-state index contributed by atoms with van der Waals surface area (Å²) in [6, 6.07) is 10.6. The third-order valence-corrected chi connectivity index (χ3v) is 5.61. The highest BCUT2D eigenvalue weighted by atomic mass is 32.2. The molecule has 0 aliphatic carbocycles. The van der Waals surface area contributed by atoms with Gasteiger partial charge in [0.25, 0.3) is 0 Å². The van der Waals surface area contributed by atoms with Crippen LogP contribution in [0.3, 0.4) is 0 Å². The molecule has 1 aromatic heterocycles. The fourth-order valence-corrected chi connectivity index (χ4v) is 3.92. The molecule has 0 atom stereocenters. The first kappa shape index (κ1) is 28.2. The van der Waals surface area contributed by atoms with Gasteiger partial charge in [0.2, 0.25) is 15.9 Å². The first-order valence-electron chi connectivity index (χ1n) is 10.8. The molecule has 7 nitrogen and oxygen atoms in total. The van der Waals surface area contributed by atoms with E-state index in [9.17, 15) is 30.8 Å². The van der Waals surface area contributed by atoms with Gasteiger partial charge in [-0.15, -0.1) is 6.42 Å². The van der Waals surface area contributed by atoms with Crippen LogP contribution in [0.2, 0.25) is 0 Å². The summed E-state index contributed by atoms with van der Waals surface area (Å²) in [5, 5.41) is 2.51. The Bertz CT molecular complexity index is 1550. The number of nitrogens with one attached hydrogen (secondary N) is 2. The lowest BCUT2D eigenvalue weighted by Crippen LogP contribution is -2.21. The molecule has 12 heteroatoms. The van der Waals surface area contributed by atoms with Gasteiger partial charge in [0.05, 0.1) is 30.3 Å². The molecule has 0 aliphatic rings. The van der Waals surface area contributed by atoms with Crippen LogP contribution in [0.5, 0.6) is 5.75 Å². The number of amides is 1. The van der Waals surface area contributed by atoms with E-state index in [4.69, 9.17) is 11.2 Å². The highest BCUT2D eigenvalue weighted by Crippen LogP contribution is 2.32. The molecule has 0 saturated carbocycles. The zero-order valence-electron chi connectivity index (χ0n) is 20.1. The average molecular weight is 548 g/mol. The largest absolute Gasteiger partial charge is 0.497 e. The van der Waals surface area contributed by atoms with Crippen molar-refractivity contribution in [3.05, 3.63) is 82.8 Å². The first-order valence-corrected chi connectivity index (χ1v) is 12.6. The summed E-state index contributed by atoms with van der Waals surface area (Å²) in [5.41, 5.74) is -0.730. The number of sulfonamides is 1. The molecule has 1 heterocycles. The molecule has 1 amide bonds. The molecule has 0 saturated heterocycles. The number of benzene rings is 2. The number of anilines is 1. The fraction of sp³-hybridized carbons (Fsp3) is 0.154. The summed E-state index contributed by atoms with van der Waals surface area (Å²) in [6.07, 6.45) is 3.92. The lowest BCUT2D eigenvalue weighted by atomic mass is 10.0. The smallest absolute Gasteiger partial charge is 0.433 e. The summed E-state index contributed by atoms with van der Waals surface area (Å²) in [7, 11) is -2.37. The number of nitrogens with zero attached hydrogens (tertiary/aromatic N) is 1. The van der Waals surface area contributed by atoms with Gasteiger partial charge in [0, 0.05) is 23.7 Å². The van der Waals surface area contributed by atoms with Gasteiger partial charge in [-0.05, 0) is 42.0 Å². The number of halogens is 4. The quantitative estimate of drug-likeness (QED) is 0.244. The molecular formula is C26H21F4N3O4S. The minimum atomic E-state index is -4.67. The molecule has 0 spiro atoms. The van der Waals surface area contributed by atoms with Crippen LogP contribution in [0.25, 0.3) is 17.3 Å². The second kappa shape index (κ2) is 11.4. The zero-order valence-corrected chi connectivity index (χ0v) is 20.9. The van der Waals surface area contributed by atoms with Crippen LogP contribution in [0.15, 0.2) is 54.6 Å². The van der Waals surface area contributed by atoms with Gasteiger partial charge in [-0.25, -0.2) is 17.8 Å². The van der Waals surface area contributed by atoms with Gasteiger partial charge in [-0.2, -0.15) is 13.2 Å². The second-order valence-corrected chi connectivity index (χ2v) is 9.68. The van der Waals surface area contributed by atoms with Gasteiger partial charge in [0.1, 0.15) is 17.3 Å². The SMILES string of the molecule is C#Cc1cc(CNC(=O)C=Cc2ccc(C(F)(F)F)nc2-c2cccc(OC)c2)cc(F)c1NS(C)(=O)=O. The number of terminal acetylenes is 1. The number of pyridine rings is 1. The molecule has 0 unspecified atom stereocenters. The molecule has 3 rings (SSSR count). The van der Waals surface area contributed by atoms with E-state index in [-0.39, 0.29) is 34.6 Å². The van der Waals surface area contributed by atoms with Crippen molar-refractivity contribution >= 4 is 27.7 Å². The van der Waals surface area contributed by atoms with Gasteiger partial charge >= 0.3 is 6.18 Å². The summed E-state index contributed by atoms with van der Waals surface area (Å²) in [5.74, 6) is 1.03. The maximum absolute atomic E-state index is 14.5. The van der Waals surface area contributed by atoms with Crippen LogP contribution in [-0.4, -0.2) is 32.7 Å². The predicted octanol–water partition coefficient (Wildman–Crippen LogP) is 4.60. The van der Waals surface area contributed by atoms with E-state index in [0.717, 1.165) is 24.5 Å². The Kier molecular flexibility index (Phi) is 8.42. The van der Waals surface area contributed by atoms with Crippen molar-refractivity contribution in [3.63, 3.8) is 0 Å². The Labute approximate surface area is 216 Å². The summed E-state index contributed by atoms with van der Waals surface area (Å²) in [6.45, 7) is -0.165. The molecule has 0 fully saturated rings. The second-order valence-electron chi connectivity index (χ2n) is 7.93. The third kappa shape index (κ3) is 7.33. The normalized spacial score (nSPS) is 11.7. The van der Waals surface area contributed by atoms with Crippen molar-refractivity contribution in [1.82, 2.24) is 10.3 Å². The van der Waals surface area contributed by atoms with Gasteiger partial charge in [-0.1, -0.05) is 24.1 Å². The minimum absolute atomic E-state index is 0.0162. The van der Waals surface area contributed by atoms with Gasteiger partial charge in [-0.3, -0.25) is 9.52 Å². The van der Waals surface area contributed by atoms with E-state index in [1.54, 1.807) is 18.2 Å². The number of carbonyl (C=O) groups excluding carboxylic acids is 1. The average Bonchev–Trinajstić information content (AvgIpc) is 2.86. The van der Waals surface area contributed by atoms with Gasteiger partial charge in [0.15, 0.2) is 0 Å². The summed E-state index contributed by atoms with van der Waals surface area (Å²) >= 11 is 0. The van der Waals surface area contributed by atoms with Crippen LogP contribution in [0.1, 0.15) is 22.4 Å². The van der Waals surface area contributed by atoms with Crippen LogP contribution in [0.4, 0.5) is 23.2 Å². The van der Waals surface area contributed by atoms with Crippen molar-refractivity contribution < 1.29 is 35.5 Å². The fourth-order valence-electron chi connectivity index (χ4n) is 3.35. The standard InChI is InChI=1S/C26H21F4N3O4S/c1-4-17-12-16(13-21(27)25(17)33-38(3,35)36)15-31-23(34)11-9-18-8-10-22(26(28,29)30)32-24(18)19-6-5-7-20(14-19)37-2/h1,5-14,33H,15H2,2-3H3,(H,31,34). The van der Waals surface area contributed by atoms with E-state index in [0.29, 0.717) is 11.3 Å². The molecule has 2 aromatic carbocycles. The number of methoxy groups -OCH3 is 1. The van der Waals surface area contributed by atoms with Crippen LogP contribution >= 0.6 is 0 Å². The predicted molar refractivity (Wildman–Crippen MR) is 135 cm³/mol. The Hall–Kier alpha value is -4.37. The molecular weight excluding hydrogens is 526 g/mol.